The van der Waals surface area contributed by atoms with E-state index in [9.17, 15) is 4.79 Å². The number of carbonyl (C=O) groups excluding carboxylic acids is 1. The molecule has 0 bridgehead atoms. The van der Waals surface area contributed by atoms with Gasteiger partial charge in [0.05, 0.1) is 5.69 Å². The summed E-state index contributed by atoms with van der Waals surface area (Å²) < 4.78 is 5.37. The van der Waals surface area contributed by atoms with Gasteiger partial charge in [0.1, 0.15) is 5.76 Å². The van der Waals surface area contributed by atoms with Crippen molar-refractivity contribution in [2.45, 2.75) is 71.4 Å². The molecule has 3 N–H and O–H groups in total. The van der Waals surface area contributed by atoms with Crippen LogP contribution in [0.3, 0.4) is 0 Å². The molecule has 148 valence electrons. The van der Waals surface area contributed by atoms with Crippen LogP contribution in [0.1, 0.15) is 63.0 Å². The van der Waals surface area contributed by atoms with E-state index in [0.29, 0.717) is 31.5 Å². The summed E-state index contributed by atoms with van der Waals surface area (Å²) in [6.07, 6.45) is 6.78. The number of halogens is 1. The molecule has 1 aromatic heterocycles. The maximum absolute atomic E-state index is 11.9. The first-order chi connectivity index (χ1) is 12.2. The standard InChI is InChI=1S/C18H31N5O2.HI/c1-4-15-14(16(5-2)25-23-15)12-21-18(19-3)20-11-10-17(24)22-13-8-6-7-9-13;/h13H,4-12H2,1-3H3,(H,22,24)(H2,19,20,21);1H. The molecule has 0 spiro atoms. The highest BCUT2D eigenvalue weighted by atomic mass is 127. The number of carbonyl (C=O) groups is 1. The third-order valence-corrected chi connectivity index (χ3v) is 4.63. The van der Waals surface area contributed by atoms with Gasteiger partial charge in [-0.1, -0.05) is 31.8 Å². The van der Waals surface area contributed by atoms with Crippen LogP contribution in [0.2, 0.25) is 0 Å². The lowest BCUT2D eigenvalue weighted by atomic mass is 10.1. The molecule has 7 nitrogen and oxygen atoms in total. The van der Waals surface area contributed by atoms with E-state index in [1.807, 2.05) is 0 Å². The number of aliphatic imine (C=N–C) groups is 1. The average Bonchev–Trinajstić information content (AvgIpc) is 3.26. The molecule has 1 heterocycles. The number of hydrogen-bond donors (Lipinski definition) is 3. The molecule has 8 heteroatoms. The molecule has 0 aromatic carbocycles. The Labute approximate surface area is 173 Å². The maximum atomic E-state index is 11.9. The maximum Gasteiger partial charge on any atom is 0.221 e. The highest BCUT2D eigenvalue weighted by Gasteiger charge is 2.17. The first-order valence-corrected chi connectivity index (χ1v) is 9.38. The van der Waals surface area contributed by atoms with Crippen molar-refractivity contribution < 1.29 is 9.32 Å². The predicted octanol–water partition coefficient (Wildman–Crippen LogP) is 2.53. The van der Waals surface area contributed by atoms with Gasteiger partial charge in [-0.25, -0.2) is 0 Å². The van der Waals surface area contributed by atoms with E-state index >= 15 is 0 Å². The predicted molar refractivity (Wildman–Crippen MR) is 114 cm³/mol. The van der Waals surface area contributed by atoms with Gasteiger partial charge in [0.25, 0.3) is 0 Å². The summed E-state index contributed by atoms with van der Waals surface area (Å²) in [6.45, 7) is 5.29. The van der Waals surface area contributed by atoms with E-state index in [-0.39, 0.29) is 29.9 Å². The Balaban J connectivity index is 0.00000338. The van der Waals surface area contributed by atoms with Gasteiger partial charge >= 0.3 is 0 Å². The summed E-state index contributed by atoms with van der Waals surface area (Å²) in [5.41, 5.74) is 2.09. The van der Waals surface area contributed by atoms with Gasteiger partial charge in [0, 0.05) is 44.6 Å². The fraction of sp³-hybridized carbons (Fsp3) is 0.722. The fourth-order valence-electron chi connectivity index (χ4n) is 3.19. The first-order valence-electron chi connectivity index (χ1n) is 9.38. The fourth-order valence-corrected chi connectivity index (χ4v) is 3.19. The first kappa shape index (κ1) is 22.7. The third-order valence-electron chi connectivity index (χ3n) is 4.63. The van der Waals surface area contributed by atoms with Crippen molar-refractivity contribution in [3.63, 3.8) is 0 Å². The van der Waals surface area contributed by atoms with Gasteiger partial charge in [-0.15, -0.1) is 24.0 Å². The molecule has 1 aromatic rings. The Bertz CT molecular complexity index is 561. The van der Waals surface area contributed by atoms with Crippen molar-refractivity contribution in [3.8, 4) is 0 Å². The Morgan fingerprint density at radius 1 is 1.23 bits per heavy atom. The minimum Gasteiger partial charge on any atom is -0.361 e. The second-order valence-electron chi connectivity index (χ2n) is 6.39. The van der Waals surface area contributed by atoms with Crippen LogP contribution in [0, 0.1) is 0 Å². The van der Waals surface area contributed by atoms with Gasteiger partial charge in [-0.2, -0.15) is 0 Å². The summed E-state index contributed by atoms with van der Waals surface area (Å²) in [7, 11) is 1.73. The number of rotatable bonds is 8. The molecule has 0 aliphatic heterocycles. The normalized spacial score (nSPS) is 14.8. The minimum absolute atomic E-state index is 0. The molecule has 0 saturated heterocycles. The van der Waals surface area contributed by atoms with Crippen LogP contribution in [0.5, 0.6) is 0 Å². The van der Waals surface area contributed by atoms with E-state index in [1.54, 1.807) is 7.05 Å². The molecule has 0 radical (unpaired) electrons. The topological polar surface area (TPSA) is 91.6 Å². The molecular weight excluding hydrogens is 445 g/mol. The van der Waals surface area contributed by atoms with E-state index in [2.05, 4.69) is 39.9 Å². The highest BCUT2D eigenvalue weighted by Crippen LogP contribution is 2.17. The van der Waals surface area contributed by atoms with Crippen molar-refractivity contribution in [1.82, 2.24) is 21.1 Å². The second-order valence-corrected chi connectivity index (χ2v) is 6.39. The van der Waals surface area contributed by atoms with Crippen LogP contribution < -0.4 is 16.0 Å². The number of amides is 1. The van der Waals surface area contributed by atoms with E-state index in [0.717, 1.165) is 42.7 Å². The summed E-state index contributed by atoms with van der Waals surface area (Å²) in [5.74, 6) is 1.70. The Morgan fingerprint density at radius 2 is 1.96 bits per heavy atom. The molecule has 1 aliphatic rings. The summed E-state index contributed by atoms with van der Waals surface area (Å²) in [6, 6.07) is 0.374. The van der Waals surface area contributed by atoms with Crippen molar-refractivity contribution in [3.05, 3.63) is 17.0 Å². The lowest BCUT2D eigenvalue weighted by molar-refractivity contribution is -0.121. The third kappa shape index (κ3) is 6.77. The zero-order chi connectivity index (χ0) is 18.1. The number of nitrogens with zero attached hydrogens (tertiary/aromatic N) is 2. The van der Waals surface area contributed by atoms with Crippen LogP contribution in [-0.4, -0.2) is 36.7 Å². The molecule has 0 atom stereocenters. The van der Waals surface area contributed by atoms with Gasteiger partial charge in [-0.3, -0.25) is 9.79 Å². The summed E-state index contributed by atoms with van der Waals surface area (Å²) >= 11 is 0. The molecule has 1 saturated carbocycles. The van der Waals surface area contributed by atoms with Crippen LogP contribution in [0.15, 0.2) is 9.52 Å². The van der Waals surface area contributed by atoms with Crippen LogP contribution in [-0.2, 0) is 24.2 Å². The monoisotopic (exact) mass is 477 g/mol. The molecular formula is C18H32IN5O2. The molecule has 1 aliphatic carbocycles. The smallest absolute Gasteiger partial charge is 0.221 e. The zero-order valence-corrected chi connectivity index (χ0v) is 18.4. The highest BCUT2D eigenvalue weighted by molar-refractivity contribution is 14.0. The number of aromatic nitrogens is 1. The molecule has 1 fully saturated rings. The van der Waals surface area contributed by atoms with Gasteiger partial charge in [-0.05, 0) is 19.3 Å². The zero-order valence-electron chi connectivity index (χ0n) is 16.1. The molecule has 1 amide bonds. The van der Waals surface area contributed by atoms with Crippen molar-refractivity contribution in [1.29, 1.82) is 0 Å². The van der Waals surface area contributed by atoms with Crippen molar-refractivity contribution >= 4 is 35.8 Å². The van der Waals surface area contributed by atoms with Gasteiger partial charge in [0.15, 0.2) is 5.96 Å². The van der Waals surface area contributed by atoms with Crippen molar-refractivity contribution in [2.75, 3.05) is 13.6 Å². The number of aryl methyl sites for hydroxylation is 2. The van der Waals surface area contributed by atoms with Crippen LogP contribution in [0.4, 0.5) is 0 Å². The average molecular weight is 477 g/mol. The van der Waals surface area contributed by atoms with Gasteiger partial charge in [0.2, 0.25) is 5.91 Å². The number of guanidine groups is 1. The molecule has 2 rings (SSSR count). The lowest BCUT2D eigenvalue weighted by Gasteiger charge is -2.14. The van der Waals surface area contributed by atoms with E-state index in [4.69, 9.17) is 4.52 Å². The lowest BCUT2D eigenvalue weighted by Crippen LogP contribution is -2.40. The Hall–Kier alpha value is -1.32. The van der Waals surface area contributed by atoms with Crippen molar-refractivity contribution in [2.24, 2.45) is 4.99 Å². The Kier molecular flexibility index (Phi) is 10.6. The van der Waals surface area contributed by atoms with Gasteiger partial charge < -0.3 is 20.5 Å². The van der Waals surface area contributed by atoms with Crippen LogP contribution in [0.25, 0.3) is 0 Å². The number of nitrogens with one attached hydrogen (secondary N) is 3. The van der Waals surface area contributed by atoms with E-state index in [1.165, 1.54) is 12.8 Å². The van der Waals surface area contributed by atoms with Crippen LogP contribution >= 0.6 is 24.0 Å². The number of hydrogen-bond acceptors (Lipinski definition) is 4. The second kappa shape index (κ2) is 12.1. The largest absolute Gasteiger partial charge is 0.361 e. The summed E-state index contributed by atoms with van der Waals surface area (Å²) in [4.78, 5) is 16.2. The Morgan fingerprint density at radius 3 is 2.58 bits per heavy atom. The minimum atomic E-state index is 0. The molecule has 0 unspecified atom stereocenters. The SMILES string of the molecule is CCc1noc(CC)c1CNC(=NC)NCCC(=O)NC1CCCC1.I. The quantitative estimate of drug-likeness (QED) is 0.304. The summed E-state index contributed by atoms with van der Waals surface area (Å²) in [5, 5.41) is 13.7. The molecule has 26 heavy (non-hydrogen) atoms. The van der Waals surface area contributed by atoms with E-state index < -0.39 is 0 Å².